The lowest BCUT2D eigenvalue weighted by molar-refractivity contribution is 0.00960. The molecule has 112 valence electrons. The minimum Gasteiger partial charge on any atom is -0.497 e. The molecule has 5 heteroatoms. The van der Waals surface area contributed by atoms with Crippen LogP contribution in [-0.2, 0) is 11.3 Å². The summed E-state index contributed by atoms with van der Waals surface area (Å²) in [5.41, 5.74) is 6.14. The van der Waals surface area contributed by atoms with E-state index in [0.29, 0.717) is 37.1 Å². The van der Waals surface area contributed by atoms with Gasteiger partial charge in [0.25, 0.3) is 0 Å². The molecule has 1 fully saturated rings. The lowest BCUT2D eigenvalue weighted by atomic mass is 10.1. The first-order valence-corrected chi connectivity index (χ1v) is 7.09. The molecule has 0 unspecified atom stereocenters. The number of likely N-dealkylation sites (tertiary alicyclic amines) is 1. The van der Waals surface area contributed by atoms with Gasteiger partial charge in [0, 0.05) is 37.8 Å². The Morgan fingerprint density at radius 1 is 1.35 bits per heavy atom. The normalized spacial score (nSPS) is 17.4. The number of rotatable bonds is 6. The highest BCUT2D eigenvalue weighted by Gasteiger charge is 2.20. The van der Waals surface area contributed by atoms with Crippen LogP contribution in [0, 0.1) is 5.82 Å². The average Bonchev–Trinajstić information content (AvgIpc) is 2.48. The topological polar surface area (TPSA) is 47.7 Å². The Labute approximate surface area is 119 Å². The van der Waals surface area contributed by atoms with E-state index >= 15 is 0 Å². The van der Waals surface area contributed by atoms with Gasteiger partial charge in [0.05, 0.1) is 19.8 Å². The van der Waals surface area contributed by atoms with Gasteiger partial charge in [-0.3, -0.25) is 4.90 Å². The van der Waals surface area contributed by atoms with Crippen molar-refractivity contribution in [2.24, 2.45) is 5.73 Å². The quantitative estimate of drug-likeness (QED) is 0.864. The molecule has 0 atom stereocenters. The molecule has 0 aliphatic carbocycles. The maximum absolute atomic E-state index is 13.9. The summed E-state index contributed by atoms with van der Waals surface area (Å²) in [4.78, 5) is 2.26. The molecule has 2 rings (SSSR count). The summed E-state index contributed by atoms with van der Waals surface area (Å²) in [7, 11) is 1.54. The van der Waals surface area contributed by atoms with E-state index in [9.17, 15) is 4.39 Å². The fourth-order valence-corrected chi connectivity index (χ4v) is 2.49. The van der Waals surface area contributed by atoms with E-state index in [1.165, 1.54) is 6.07 Å². The molecule has 4 nitrogen and oxygen atoms in total. The second-order valence-corrected chi connectivity index (χ2v) is 5.09. The first-order chi connectivity index (χ1) is 9.72. The number of benzene rings is 1. The van der Waals surface area contributed by atoms with Crippen molar-refractivity contribution in [3.8, 4) is 5.75 Å². The molecule has 2 N–H and O–H groups in total. The van der Waals surface area contributed by atoms with E-state index in [-0.39, 0.29) is 5.82 Å². The van der Waals surface area contributed by atoms with Crippen LogP contribution in [0.4, 0.5) is 4.39 Å². The monoisotopic (exact) mass is 282 g/mol. The number of hydrogen-bond donors (Lipinski definition) is 1. The van der Waals surface area contributed by atoms with Crippen LogP contribution in [0.25, 0.3) is 0 Å². The molecule has 1 heterocycles. The number of ether oxygens (including phenoxy) is 2. The lowest BCUT2D eigenvalue weighted by Crippen LogP contribution is -2.37. The van der Waals surface area contributed by atoms with Gasteiger partial charge < -0.3 is 15.2 Å². The first-order valence-electron chi connectivity index (χ1n) is 7.09. The standard InChI is InChI=1S/C15H23FN2O2/c1-19-14-3-2-12(15(16)10-14)11-18-7-4-13(5-8-18)20-9-6-17/h2-3,10,13H,4-9,11,17H2,1H3. The summed E-state index contributed by atoms with van der Waals surface area (Å²) in [5, 5.41) is 0. The number of hydrogen-bond acceptors (Lipinski definition) is 4. The van der Waals surface area contributed by atoms with Crippen LogP contribution in [0.3, 0.4) is 0 Å². The SMILES string of the molecule is COc1ccc(CN2CCC(OCCN)CC2)c(F)c1. The summed E-state index contributed by atoms with van der Waals surface area (Å²) in [6, 6.07) is 5.03. The molecular weight excluding hydrogens is 259 g/mol. The van der Waals surface area contributed by atoms with Gasteiger partial charge in [-0.25, -0.2) is 4.39 Å². The summed E-state index contributed by atoms with van der Waals surface area (Å²) < 4.78 is 24.5. The van der Waals surface area contributed by atoms with Gasteiger partial charge in [-0.05, 0) is 18.9 Å². The Morgan fingerprint density at radius 2 is 2.10 bits per heavy atom. The van der Waals surface area contributed by atoms with Crippen molar-refractivity contribution in [3.05, 3.63) is 29.6 Å². The van der Waals surface area contributed by atoms with E-state index in [2.05, 4.69) is 4.90 Å². The van der Waals surface area contributed by atoms with E-state index in [4.69, 9.17) is 15.2 Å². The number of nitrogens with zero attached hydrogens (tertiary/aromatic N) is 1. The Morgan fingerprint density at radius 3 is 2.70 bits per heavy atom. The fourth-order valence-electron chi connectivity index (χ4n) is 2.49. The van der Waals surface area contributed by atoms with E-state index < -0.39 is 0 Å². The fraction of sp³-hybridized carbons (Fsp3) is 0.600. The second kappa shape index (κ2) is 7.57. The highest BCUT2D eigenvalue weighted by Crippen LogP contribution is 2.20. The van der Waals surface area contributed by atoms with Gasteiger partial charge in [0.15, 0.2) is 0 Å². The summed E-state index contributed by atoms with van der Waals surface area (Å²) >= 11 is 0. The van der Waals surface area contributed by atoms with Crippen molar-refractivity contribution in [2.75, 3.05) is 33.4 Å². The van der Waals surface area contributed by atoms with E-state index in [1.54, 1.807) is 19.2 Å². The number of methoxy groups -OCH3 is 1. The minimum atomic E-state index is -0.203. The maximum Gasteiger partial charge on any atom is 0.131 e. The predicted molar refractivity (Wildman–Crippen MR) is 76.3 cm³/mol. The molecule has 0 amide bonds. The molecule has 0 spiro atoms. The van der Waals surface area contributed by atoms with Crippen LogP contribution in [-0.4, -0.2) is 44.4 Å². The zero-order valence-electron chi connectivity index (χ0n) is 12.0. The molecule has 20 heavy (non-hydrogen) atoms. The molecule has 0 bridgehead atoms. The molecule has 1 aromatic carbocycles. The van der Waals surface area contributed by atoms with Gasteiger partial charge >= 0.3 is 0 Å². The van der Waals surface area contributed by atoms with Crippen LogP contribution in [0.1, 0.15) is 18.4 Å². The van der Waals surface area contributed by atoms with Gasteiger partial charge in [0.1, 0.15) is 11.6 Å². The Balaban J connectivity index is 1.83. The molecule has 1 aliphatic heterocycles. The highest BCUT2D eigenvalue weighted by atomic mass is 19.1. The zero-order chi connectivity index (χ0) is 14.4. The third kappa shape index (κ3) is 4.16. The van der Waals surface area contributed by atoms with E-state index in [0.717, 1.165) is 25.9 Å². The third-order valence-corrected chi connectivity index (χ3v) is 3.66. The predicted octanol–water partition coefficient (Wildman–Crippen LogP) is 1.77. The number of piperidine rings is 1. The summed E-state index contributed by atoms with van der Waals surface area (Å²) in [5.74, 6) is 0.353. The van der Waals surface area contributed by atoms with Gasteiger partial charge in [0.2, 0.25) is 0 Å². The molecule has 1 aromatic rings. The first kappa shape index (κ1) is 15.2. The van der Waals surface area contributed by atoms with Crippen molar-refractivity contribution in [1.82, 2.24) is 4.90 Å². The summed E-state index contributed by atoms with van der Waals surface area (Å²) in [6.45, 7) is 3.69. The Bertz CT molecular complexity index is 420. The molecular formula is C15H23FN2O2. The van der Waals surface area contributed by atoms with Crippen LogP contribution < -0.4 is 10.5 Å². The number of halogens is 1. The van der Waals surface area contributed by atoms with Gasteiger partial charge in [-0.2, -0.15) is 0 Å². The molecule has 0 radical (unpaired) electrons. The van der Waals surface area contributed by atoms with Crippen LogP contribution >= 0.6 is 0 Å². The molecule has 1 aliphatic rings. The van der Waals surface area contributed by atoms with Crippen molar-refractivity contribution >= 4 is 0 Å². The third-order valence-electron chi connectivity index (χ3n) is 3.66. The van der Waals surface area contributed by atoms with Crippen molar-refractivity contribution in [3.63, 3.8) is 0 Å². The zero-order valence-corrected chi connectivity index (χ0v) is 12.0. The van der Waals surface area contributed by atoms with Crippen molar-refractivity contribution in [1.29, 1.82) is 0 Å². The minimum absolute atomic E-state index is 0.203. The van der Waals surface area contributed by atoms with Crippen LogP contribution in [0.15, 0.2) is 18.2 Å². The average molecular weight is 282 g/mol. The summed E-state index contributed by atoms with van der Waals surface area (Å²) in [6.07, 6.45) is 2.27. The van der Waals surface area contributed by atoms with Crippen LogP contribution in [0.5, 0.6) is 5.75 Å². The Hall–Kier alpha value is -1.17. The molecule has 0 saturated carbocycles. The van der Waals surface area contributed by atoms with Crippen molar-refractivity contribution < 1.29 is 13.9 Å². The van der Waals surface area contributed by atoms with E-state index in [1.807, 2.05) is 0 Å². The van der Waals surface area contributed by atoms with Gasteiger partial charge in [-0.1, -0.05) is 6.07 Å². The molecule has 1 saturated heterocycles. The molecule has 0 aromatic heterocycles. The lowest BCUT2D eigenvalue weighted by Gasteiger charge is -2.31. The number of nitrogens with two attached hydrogens (primary N) is 1. The Kier molecular flexibility index (Phi) is 5.76. The smallest absolute Gasteiger partial charge is 0.131 e. The van der Waals surface area contributed by atoms with Crippen LogP contribution in [0.2, 0.25) is 0 Å². The van der Waals surface area contributed by atoms with Gasteiger partial charge in [-0.15, -0.1) is 0 Å². The second-order valence-electron chi connectivity index (χ2n) is 5.09. The highest BCUT2D eigenvalue weighted by molar-refractivity contribution is 5.28. The maximum atomic E-state index is 13.9. The van der Waals surface area contributed by atoms with Crippen molar-refractivity contribution in [2.45, 2.75) is 25.5 Å². The largest absolute Gasteiger partial charge is 0.497 e.